The van der Waals surface area contributed by atoms with Gasteiger partial charge in [-0.3, -0.25) is 4.79 Å². The fraction of sp³-hybridized carbons (Fsp3) is 0.846. The summed E-state index contributed by atoms with van der Waals surface area (Å²) in [5.41, 5.74) is 0. The smallest absolute Gasteiger partial charge is 0.329 e. The summed E-state index contributed by atoms with van der Waals surface area (Å²) in [6, 6.07) is -0.640. The number of methoxy groups -OCH3 is 1. The summed E-state index contributed by atoms with van der Waals surface area (Å²) in [7, 11) is 1.30. The highest BCUT2D eigenvalue weighted by Crippen LogP contribution is 1.93. The van der Waals surface area contributed by atoms with Crippen LogP contribution in [0.25, 0.3) is 0 Å². The average molecular weight is 274 g/mol. The van der Waals surface area contributed by atoms with Gasteiger partial charge in [-0.2, -0.15) is 0 Å². The van der Waals surface area contributed by atoms with Crippen LogP contribution in [-0.4, -0.2) is 51.3 Å². The molecule has 1 amide bonds. The van der Waals surface area contributed by atoms with Gasteiger partial charge < -0.3 is 20.1 Å². The monoisotopic (exact) mass is 274 g/mol. The molecule has 0 radical (unpaired) electrons. The Labute approximate surface area is 115 Å². The van der Waals surface area contributed by atoms with E-state index in [9.17, 15) is 9.59 Å². The normalized spacial score (nSPS) is 12.3. The van der Waals surface area contributed by atoms with Gasteiger partial charge in [-0.25, -0.2) is 4.79 Å². The Hall–Kier alpha value is -1.14. The van der Waals surface area contributed by atoms with Crippen LogP contribution in [0.1, 0.15) is 27.2 Å². The van der Waals surface area contributed by atoms with E-state index in [0.717, 1.165) is 19.6 Å². The van der Waals surface area contributed by atoms with Crippen molar-refractivity contribution in [2.45, 2.75) is 33.2 Å². The molecule has 0 rings (SSSR count). The van der Waals surface area contributed by atoms with Crippen LogP contribution >= 0.6 is 0 Å². The van der Waals surface area contributed by atoms with Crippen LogP contribution in [0.15, 0.2) is 0 Å². The number of amides is 1. The average Bonchev–Trinajstić information content (AvgIpc) is 2.34. The van der Waals surface area contributed by atoms with E-state index in [-0.39, 0.29) is 5.91 Å². The predicted octanol–water partition coefficient (Wildman–Crippen LogP) is 0.316. The molecule has 112 valence electrons. The maximum Gasteiger partial charge on any atom is 0.329 e. The quantitative estimate of drug-likeness (QED) is 0.443. The minimum Gasteiger partial charge on any atom is -0.467 e. The number of carbonyl (C=O) groups excluding carboxylic acids is 2. The van der Waals surface area contributed by atoms with Gasteiger partial charge in [0, 0.05) is 26.7 Å². The lowest BCUT2D eigenvalue weighted by molar-refractivity contribution is -0.144. The van der Waals surface area contributed by atoms with Crippen molar-refractivity contribution in [3.63, 3.8) is 0 Å². The second-order valence-corrected chi connectivity index (χ2v) is 4.80. The summed E-state index contributed by atoms with van der Waals surface area (Å²) in [6.45, 7) is 8.11. The number of carbonyl (C=O) groups is 2. The van der Waals surface area contributed by atoms with Crippen LogP contribution in [-0.2, 0) is 19.1 Å². The minimum atomic E-state index is -0.640. The van der Waals surface area contributed by atoms with Crippen LogP contribution in [0.4, 0.5) is 0 Å². The van der Waals surface area contributed by atoms with Crippen LogP contribution in [0.2, 0.25) is 0 Å². The minimum absolute atomic E-state index is 0.252. The highest BCUT2D eigenvalue weighted by molar-refractivity contribution is 5.83. The van der Waals surface area contributed by atoms with Gasteiger partial charge in [-0.1, -0.05) is 13.8 Å². The molecule has 0 saturated carbocycles. The topological polar surface area (TPSA) is 76.7 Å². The first-order valence-electron chi connectivity index (χ1n) is 6.60. The third-order valence-corrected chi connectivity index (χ3v) is 2.31. The molecule has 0 aliphatic rings. The van der Waals surface area contributed by atoms with Gasteiger partial charge in [0.2, 0.25) is 5.91 Å². The molecule has 19 heavy (non-hydrogen) atoms. The van der Waals surface area contributed by atoms with Crippen molar-refractivity contribution >= 4 is 11.9 Å². The lowest BCUT2D eigenvalue weighted by atomic mass is 10.2. The van der Waals surface area contributed by atoms with Gasteiger partial charge in [0.1, 0.15) is 6.04 Å². The Bertz CT molecular complexity index is 269. The van der Waals surface area contributed by atoms with Crippen molar-refractivity contribution in [1.82, 2.24) is 10.6 Å². The van der Waals surface area contributed by atoms with E-state index in [1.807, 2.05) is 0 Å². The zero-order valence-electron chi connectivity index (χ0n) is 12.3. The molecule has 1 atom stereocenters. The first-order chi connectivity index (χ1) is 8.97. The number of ether oxygens (including phenoxy) is 2. The van der Waals surface area contributed by atoms with E-state index in [1.54, 1.807) is 0 Å². The lowest BCUT2D eigenvalue weighted by Gasteiger charge is -2.16. The number of hydrogen-bond acceptors (Lipinski definition) is 5. The molecule has 0 aliphatic carbocycles. The Morgan fingerprint density at radius 1 is 1.26 bits per heavy atom. The molecule has 2 N–H and O–H groups in total. The van der Waals surface area contributed by atoms with Crippen molar-refractivity contribution in [1.29, 1.82) is 0 Å². The molecule has 6 heteroatoms. The van der Waals surface area contributed by atoms with Crippen molar-refractivity contribution < 1.29 is 19.1 Å². The molecule has 0 aliphatic heterocycles. The van der Waals surface area contributed by atoms with Crippen molar-refractivity contribution in [3.05, 3.63) is 0 Å². The molecule has 0 fully saturated rings. The maximum atomic E-state index is 11.4. The molecule has 0 aromatic rings. The molecule has 0 heterocycles. The summed E-state index contributed by atoms with van der Waals surface area (Å²) in [6.07, 6.45) is 0.862. The van der Waals surface area contributed by atoms with Gasteiger partial charge in [-0.15, -0.1) is 0 Å². The number of esters is 1. The van der Waals surface area contributed by atoms with Crippen molar-refractivity contribution in [2.24, 2.45) is 5.92 Å². The number of rotatable bonds is 10. The Kier molecular flexibility index (Phi) is 10.1. The molecular formula is C13H26N2O4. The van der Waals surface area contributed by atoms with Gasteiger partial charge in [0.05, 0.1) is 7.11 Å². The Balaban J connectivity index is 3.69. The highest BCUT2D eigenvalue weighted by atomic mass is 16.5. The fourth-order valence-electron chi connectivity index (χ4n) is 1.45. The summed E-state index contributed by atoms with van der Waals surface area (Å²) in [4.78, 5) is 22.3. The fourth-order valence-corrected chi connectivity index (χ4v) is 1.45. The molecule has 0 bridgehead atoms. The van der Waals surface area contributed by atoms with Gasteiger partial charge >= 0.3 is 5.97 Å². The van der Waals surface area contributed by atoms with E-state index in [2.05, 4.69) is 29.2 Å². The molecule has 0 saturated heterocycles. The first-order valence-corrected chi connectivity index (χ1v) is 6.60. The van der Waals surface area contributed by atoms with Crippen LogP contribution in [0.3, 0.4) is 0 Å². The van der Waals surface area contributed by atoms with E-state index in [1.165, 1.54) is 14.0 Å². The molecule has 0 spiro atoms. The second kappa shape index (κ2) is 10.8. The summed E-state index contributed by atoms with van der Waals surface area (Å²) in [5.74, 6) is -0.160. The molecule has 6 nitrogen and oxygen atoms in total. The van der Waals surface area contributed by atoms with E-state index in [0.29, 0.717) is 19.1 Å². The summed E-state index contributed by atoms with van der Waals surface area (Å²) in [5, 5.41) is 5.64. The zero-order chi connectivity index (χ0) is 14.7. The van der Waals surface area contributed by atoms with Gasteiger partial charge in [-0.05, 0) is 18.9 Å². The Morgan fingerprint density at radius 3 is 2.47 bits per heavy atom. The lowest BCUT2D eigenvalue weighted by Crippen LogP contribution is -2.47. The summed E-state index contributed by atoms with van der Waals surface area (Å²) < 4.78 is 10.1. The van der Waals surface area contributed by atoms with E-state index >= 15 is 0 Å². The van der Waals surface area contributed by atoms with Gasteiger partial charge in [0.15, 0.2) is 0 Å². The SMILES string of the molecule is COC(=O)C(CNCCCOCC(C)C)NC(C)=O. The predicted molar refractivity (Wildman–Crippen MR) is 72.8 cm³/mol. The Morgan fingerprint density at radius 2 is 1.95 bits per heavy atom. The molecule has 1 unspecified atom stereocenters. The zero-order valence-corrected chi connectivity index (χ0v) is 12.3. The van der Waals surface area contributed by atoms with Crippen molar-refractivity contribution in [2.75, 3.05) is 33.4 Å². The van der Waals surface area contributed by atoms with E-state index in [4.69, 9.17) is 4.74 Å². The highest BCUT2D eigenvalue weighted by Gasteiger charge is 2.19. The molecule has 0 aromatic carbocycles. The van der Waals surface area contributed by atoms with Crippen LogP contribution in [0, 0.1) is 5.92 Å². The number of nitrogens with one attached hydrogen (secondary N) is 2. The second-order valence-electron chi connectivity index (χ2n) is 4.80. The molecular weight excluding hydrogens is 248 g/mol. The van der Waals surface area contributed by atoms with Crippen molar-refractivity contribution in [3.8, 4) is 0 Å². The standard InChI is InChI=1S/C13H26N2O4/c1-10(2)9-19-7-5-6-14-8-12(13(17)18-4)15-11(3)16/h10,12,14H,5-9H2,1-4H3,(H,15,16). The third-order valence-electron chi connectivity index (χ3n) is 2.31. The first kappa shape index (κ1) is 17.9. The molecule has 0 aromatic heterocycles. The van der Waals surface area contributed by atoms with Gasteiger partial charge in [0.25, 0.3) is 0 Å². The third kappa shape index (κ3) is 10.5. The van der Waals surface area contributed by atoms with Crippen LogP contribution in [0.5, 0.6) is 0 Å². The summed E-state index contributed by atoms with van der Waals surface area (Å²) >= 11 is 0. The van der Waals surface area contributed by atoms with Crippen LogP contribution < -0.4 is 10.6 Å². The number of hydrogen-bond donors (Lipinski definition) is 2. The van der Waals surface area contributed by atoms with E-state index < -0.39 is 12.0 Å². The maximum absolute atomic E-state index is 11.4. The largest absolute Gasteiger partial charge is 0.467 e.